The van der Waals surface area contributed by atoms with Crippen LogP contribution in [0.3, 0.4) is 0 Å². The molecule has 0 aliphatic heterocycles. The van der Waals surface area contributed by atoms with Crippen molar-refractivity contribution in [1.29, 1.82) is 0 Å². The highest BCUT2D eigenvalue weighted by Gasteiger charge is 2.13. The first-order valence-corrected chi connectivity index (χ1v) is 6.17. The Morgan fingerprint density at radius 3 is 2.60 bits per heavy atom. The summed E-state index contributed by atoms with van der Waals surface area (Å²) in [7, 11) is 1.75. The number of hydrogen-bond acceptors (Lipinski definition) is 3. The zero-order valence-electron chi connectivity index (χ0n) is 11.5. The van der Waals surface area contributed by atoms with Crippen LogP contribution in [-0.4, -0.2) is 22.2 Å². The van der Waals surface area contributed by atoms with E-state index in [1.54, 1.807) is 17.8 Å². The second kappa shape index (κ2) is 7.07. The Labute approximate surface area is 124 Å². The lowest BCUT2D eigenvalue weighted by Crippen LogP contribution is -2.32. The molecule has 1 atom stereocenters. The average Bonchev–Trinajstić information content (AvgIpc) is 2.75. The summed E-state index contributed by atoms with van der Waals surface area (Å²) in [6.45, 7) is 2.25. The van der Waals surface area contributed by atoms with Crippen LogP contribution in [0.1, 0.15) is 27.8 Å². The largest absolute Gasteiger partial charge is 0.349 e. The second-order valence-corrected chi connectivity index (χ2v) is 4.52. The number of nitrogens with two attached hydrogens (primary N) is 1. The maximum Gasteiger partial charge on any atom is 0.269 e. The van der Waals surface area contributed by atoms with Gasteiger partial charge in [-0.25, -0.2) is 0 Å². The Morgan fingerprint density at radius 1 is 1.40 bits per heavy atom. The molecule has 2 rings (SSSR count). The van der Waals surface area contributed by atoms with Crippen LogP contribution in [0, 0.1) is 6.92 Å². The molecule has 0 bridgehead atoms. The van der Waals surface area contributed by atoms with E-state index in [1.165, 1.54) is 0 Å². The van der Waals surface area contributed by atoms with Crippen LogP contribution < -0.4 is 11.1 Å². The van der Waals surface area contributed by atoms with Crippen LogP contribution in [-0.2, 0) is 7.05 Å². The lowest BCUT2D eigenvalue weighted by atomic mass is 10.1. The number of amides is 1. The van der Waals surface area contributed by atoms with Gasteiger partial charge in [0.2, 0.25) is 0 Å². The average molecular weight is 295 g/mol. The highest BCUT2D eigenvalue weighted by Crippen LogP contribution is 2.08. The van der Waals surface area contributed by atoms with Crippen LogP contribution in [0.15, 0.2) is 36.4 Å². The van der Waals surface area contributed by atoms with E-state index in [0.717, 1.165) is 11.3 Å². The van der Waals surface area contributed by atoms with Crippen LogP contribution in [0.4, 0.5) is 0 Å². The van der Waals surface area contributed by atoms with Crippen molar-refractivity contribution < 1.29 is 4.79 Å². The third-order valence-electron chi connectivity index (χ3n) is 2.94. The van der Waals surface area contributed by atoms with Gasteiger partial charge >= 0.3 is 0 Å². The molecule has 0 saturated carbocycles. The first-order chi connectivity index (χ1) is 9.08. The number of nitrogens with zero attached hydrogens (tertiary/aromatic N) is 2. The third-order valence-corrected chi connectivity index (χ3v) is 2.94. The fourth-order valence-corrected chi connectivity index (χ4v) is 1.93. The van der Waals surface area contributed by atoms with Crippen molar-refractivity contribution in [2.75, 3.05) is 6.54 Å². The van der Waals surface area contributed by atoms with Crippen molar-refractivity contribution in [1.82, 2.24) is 15.1 Å². The fourth-order valence-electron chi connectivity index (χ4n) is 1.93. The van der Waals surface area contributed by atoms with Gasteiger partial charge in [-0.2, -0.15) is 5.10 Å². The van der Waals surface area contributed by atoms with Gasteiger partial charge in [-0.3, -0.25) is 9.48 Å². The molecule has 1 aromatic heterocycles. The highest BCUT2D eigenvalue weighted by atomic mass is 35.5. The lowest BCUT2D eigenvalue weighted by molar-refractivity contribution is 0.0942. The normalized spacial score (nSPS) is 11.6. The molecule has 108 valence electrons. The van der Waals surface area contributed by atoms with Gasteiger partial charge in [0.25, 0.3) is 5.91 Å². The monoisotopic (exact) mass is 294 g/mol. The molecule has 6 heteroatoms. The molecule has 0 radical (unpaired) electrons. The standard InChI is InChI=1S/C14H18N4O.ClH/c1-10-8-13(18(2)17-10)14(19)16-9-12(15)11-6-4-3-5-7-11;/h3-8,12H,9,15H2,1-2H3,(H,16,19);1H. The van der Waals surface area contributed by atoms with Gasteiger partial charge in [0.15, 0.2) is 0 Å². The van der Waals surface area contributed by atoms with Crippen molar-refractivity contribution in [3.63, 3.8) is 0 Å². The Bertz CT molecular complexity index is 568. The van der Waals surface area contributed by atoms with E-state index in [9.17, 15) is 4.79 Å². The quantitative estimate of drug-likeness (QED) is 0.899. The molecule has 1 amide bonds. The van der Waals surface area contributed by atoms with E-state index in [-0.39, 0.29) is 24.4 Å². The van der Waals surface area contributed by atoms with Gasteiger partial charge < -0.3 is 11.1 Å². The molecule has 0 spiro atoms. The van der Waals surface area contributed by atoms with E-state index in [2.05, 4.69) is 10.4 Å². The van der Waals surface area contributed by atoms with Gasteiger partial charge in [-0.1, -0.05) is 30.3 Å². The number of nitrogens with one attached hydrogen (secondary N) is 1. The lowest BCUT2D eigenvalue weighted by Gasteiger charge is -2.13. The summed E-state index contributed by atoms with van der Waals surface area (Å²) in [5, 5.41) is 6.97. The van der Waals surface area contributed by atoms with E-state index in [0.29, 0.717) is 12.2 Å². The molecule has 1 heterocycles. The number of halogens is 1. The fraction of sp³-hybridized carbons (Fsp3) is 0.286. The van der Waals surface area contributed by atoms with Crippen molar-refractivity contribution in [2.24, 2.45) is 12.8 Å². The molecule has 0 aliphatic rings. The first kappa shape index (κ1) is 16.2. The van der Waals surface area contributed by atoms with Crippen LogP contribution in [0.25, 0.3) is 0 Å². The molecule has 1 unspecified atom stereocenters. The van der Waals surface area contributed by atoms with Gasteiger partial charge in [-0.05, 0) is 18.6 Å². The molecule has 0 aliphatic carbocycles. The van der Waals surface area contributed by atoms with Gasteiger partial charge in [0, 0.05) is 19.6 Å². The highest BCUT2D eigenvalue weighted by molar-refractivity contribution is 5.92. The molecular weight excluding hydrogens is 276 g/mol. The molecule has 20 heavy (non-hydrogen) atoms. The van der Waals surface area contributed by atoms with Crippen molar-refractivity contribution in [2.45, 2.75) is 13.0 Å². The zero-order chi connectivity index (χ0) is 13.8. The minimum Gasteiger partial charge on any atom is -0.349 e. The van der Waals surface area contributed by atoms with Crippen molar-refractivity contribution >= 4 is 18.3 Å². The predicted octanol–water partition coefficient (Wildman–Crippen LogP) is 1.58. The van der Waals surface area contributed by atoms with Gasteiger partial charge in [-0.15, -0.1) is 12.4 Å². The molecule has 1 aromatic carbocycles. The summed E-state index contributed by atoms with van der Waals surface area (Å²) in [6, 6.07) is 11.2. The van der Waals surface area contributed by atoms with E-state index in [4.69, 9.17) is 5.73 Å². The maximum atomic E-state index is 12.0. The summed E-state index contributed by atoms with van der Waals surface area (Å²) in [4.78, 5) is 12.0. The predicted molar refractivity (Wildman–Crippen MR) is 80.9 cm³/mol. The van der Waals surface area contributed by atoms with Gasteiger partial charge in [0.05, 0.1) is 5.69 Å². The minimum atomic E-state index is -0.209. The summed E-state index contributed by atoms with van der Waals surface area (Å²) in [6.07, 6.45) is 0. The molecular formula is C14H19ClN4O. The zero-order valence-corrected chi connectivity index (χ0v) is 12.4. The van der Waals surface area contributed by atoms with E-state index >= 15 is 0 Å². The SMILES string of the molecule is Cc1cc(C(=O)NCC(N)c2ccccc2)n(C)n1.Cl. The Hall–Kier alpha value is -1.85. The smallest absolute Gasteiger partial charge is 0.269 e. The van der Waals surface area contributed by atoms with Gasteiger partial charge in [0.1, 0.15) is 5.69 Å². The molecule has 3 N–H and O–H groups in total. The number of carbonyl (C=O) groups excluding carboxylic acids is 1. The maximum absolute atomic E-state index is 12.0. The topological polar surface area (TPSA) is 72.9 Å². The molecule has 0 fully saturated rings. The van der Waals surface area contributed by atoms with Crippen LogP contribution >= 0.6 is 12.4 Å². The van der Waals surface area contributed by atoms with Crippen molar-refractivity contribution in [3.05, 3.63) is 53.3 Å². The Kier molecular flexibility index (Phi) is 5.73. The Balaban J connectivity index is 0.00000200. The van der Waals surface area contributed by atoms with Crippen LogP contribution in [0.5, 0.6) is 0 Å². The number of carbonyl (C=O) groups is 1. The Morgan fingerprint density at radius 2 is 2.05 bits per heavy atom. The molecule has 0 saturated heterocycles. The number of rotatable bonds is 4. The molecule has 2 aromatic rings. The summed E-state index contributed by atoms with van der Waals surface area (Å²) >= 11 is 0. The second-order valence-electron chi connectivity index (χ2n) is 4.52. The van der Waals surface area contributed by atoms with Crippen molar-refractivity contribution in [3.8, 4) is 0 Å². The molecule has 5 nitrogen and oxygen atoms in total. The number of aromatic nitrogens is 2. The number of hydrogen-bond donors (Lipinski definition) is 2. The van der Waals surface area contributed by atoms with Crippen LogP contribution in [0.2, 0.25) is 0 Å². The minimum absolute atomic E-state index is 0. The summed E-state index contributed by atoms with van der Waals surface area (Å²) in [5.74, 6) is -0.158. The summed E-state index contributed by atoms with van der Waals surface area (Å²) < 4.78 is 1.57. The van der Waals surface area contributed by atoms with E-state index < -0.39 is 0 Å². The van der Waals surface area contributed by atoms with E-state index in [1.807, 2.05) is 37.3 Å². The number of benzene rings is 1. The first-order valence-electron chi connectivity index (χ1n) is 6.17. The third kappa shape index (κ3) is 3.82. The number of aryl methyl sites for hydroxylation is 2. The summed E-state index contributed by atoms with van der Waals surface area (Å²) in [5.41, 5.74) is 8.39.